The number of halogens is 2. The number of hydrogen-bond donors (Lipinski definition) is 0. The fourth-order valence-electron chi connectivity index (χ4n) is 2.23. The molecule has 1 heterocycles. The molecular formula is C16H13ClFNO3. The molecule has 0 atom stereocenters. The fraction of sp³-hybridized carbons (Fsp3) is 0.188. The molecule has 6 heteroatoms. The Balaban J connectivity index is 1.74. The Morgan fingerprint density at radius 3 is 2.95 bits per heavy atom. The van der Waals surface area contributed by atoms with Crippen LogP contribution >= 0.6 is 11.6 Å². The lowest BCUT2D eigenvalue weighted by Crippen LogP contribution is -2.40. The normalized spacial score (nSPS) is 13.3. The molecule has 2 aromatic rings. The molecule has 0 aliphatic carbocycles. The largest absolute Gasteiger partial charge is 0.490 e. The van der Waals surface area contributed by atoms with Crippen molar-refractivity contribution in [3.8, 4) is 11.5 Å². The number of carbonyl (C=O) groups excluding carboxylic acids is 1. The molecule has 1 aliphatic rings. The second kappa shape index (κ2) is 6.23. The lowest BCUT2D eigenvalue weighted by molar-refractivity contribution is -0.120. The number of amides is 1. The van der Waals surface area contributed by atoms with E-state index in [0.717, 1.165) is 0 Å². The number of fused-ring (bicyclic) bond motifs is 1. The Morgan fingerprint density at radius 2 is 2.14 bits per heavy atom. The smallest absolute Gasteiger partial charge is 0.265 e. The van der Waals surface area contributed by atoms with Crippen LogP contribution in [0.3, 0.4) is 0 Å². The highest BCUT2D eigenvalue weighted by Crippen LogP contribution is 2.34. The summed E-state index contributed by atoms with van der Waals surface area (Å²) in [6.07, 6.45) is 0. The molecule has 0 saturated heterocycles. The number of hydrogen-bond acceptors (Lipinski definition) is 3. The van der Waals surface area contributed by atoms with E-state index < -0.39 is 5.82 Å². The minimum Gasteiger partial charge on any atom is -0.490 e. The van der Waals surface area contributed by atoms with Gasteiger partial charge in [-0.2, -0.15) is 0 Å². The summed E-state index contributed by atoms with van der Waals surface area (Å²) in [5.74, 6) is -0.138. The van der Waals surface area contributed by atoms with E-state index in [4.69, 9.17) is 21.1 Å². The van der Waals surface area contributed by atoms with Crippen molar-refractivity contribution in [2.45, 2.75) is 0 Å². The molecule has 0 aromatic heterocycles. The Morgan fingerprint density at radius 1 is 1.32 bits per heavy atom. The van der Waals surface area contributed by atoms with Crippen molar-refractivity contribution in [1.82, 2.24) is 0 Å². The van der Waals surface area contributed by atoms with Crippen molar-refractivity contribution in [1.29, 1.82) is 0 Å². The van der Waals surface area contributed by atoms with Crippen LogP contribution in [0.1, 0.15) is 0 Å². The molecule has 114 valence electrons. The number of benzene rings is 2. The van der Waals surface area contributed by atoms with E-state index in [1.165, 1.54) is 17.0 Å². The zero-order valence-corrected chi connectivity index (χ0v) is 12.3. The van der Waals surface area contributed by atoms with Gasteiger partial charge >= 0.3 is 0 Å². The van der Waals surface area contributed by atoms with E-state index >= 15 is 0 Å². The standard InChI is InChI=1S/C16H13ClFNO3/c17-11-5-6-15-13(9-11)19(7-8-21-15)16(20)10-22-14-4-2-1-3-12(14)18/h1-6,9H,7-8,10H2. The van der Waals surface area contributed by atoms with Crippen LogP contribution in [0, 0.1) is 5.82 Å². The number of para-hydroxylation sites is 1. The molecule has 0 radical (unpaired) electrons. The molecule has 1 amide bonds. The maximum atomic E-state index is 13.5. The van der Waals surface area contributed by atoms with Gasteiger partial charge in [0, 0.05) is 5.02 Å². The fourth-order valence-corrected chi connectivity index (χ4v) is 2.40. The Kier molecular flexibility index (Phi) is 4.15. The van der Waals surface area contributed by atoms with E-state index in [0.29, 0.717) is 29.6 Å². The third-order valence-electron chi connectivity index (χ3n) is 3.27. The van der Waals surface area contributed by atoms with Crippen LogP contribution in [0.2, 0.25) is 5.02 Å². The molecule has 0 saturated carbocycles. The first-order valence-electron chi connectivity index (χ1n) is 6.75. The molecule has 0 fully saturated rings. The third kappa shape index (κ3) is 2.99. The van der Waals surface area contributed by atoms with Crippen LogP contribution in [0.5, 0.6) is 11.5 Å². The summed E-state index contributed by atoms with van der Waals surface area (Å²) in [4.78, 5) is 13.9. The highest BCUT2D eigenvalue weighted by molar-refractivity contribution is 6.31. The first kappa shape index (κ1) is 14.7. The summed E-state index contributed by atoms with van der Waals surface area (Å²) in [5, 5.41) is 0.511. The molecule has 4 nitrogen and oxygen atoms in total. The lowest BCUT2D eigenvalue weighted by Gasteiger charge is -2.29. The molecule has 0 N–H and O–H groups in total. The number of nitrogens with zero attached hydrogens (tertiary/aromatic N) is 1. The van der Waals surface area contributed by atoms with Gasteiger partial charge in [-0.05, 0) is 30.3 Å². The van der Waals surface area contributed by atoms with Gasteiger partial charge in [-0.1, -0.05) is 23.7 Å². The van der Waals surface area contributed by atoms with Gasteiger partial charge in [0.1, 0.15) is 12.4 Å². The first-order chi connectivity index (χ1) is 10.6. The van der Waals surface area contributed by atoms with Crippen molar-refractivity contribution >= 4 is 23.2 Å². The highest BCUT2D eigenvalue weighted by atomic mass is 35.5. The second-order valence-electron chi connectivity index (χ2n) is 4.72. The molecule has 2 aromatic carbocycles. The summed E-state index contributed by atoms with van der Waals surface area (Å²) in [6.45, 7) is 0.528. The van der Waals surface area contributed by atoms with Gasteiger partial charge in [-0.3, -0.25) is 4.79 Å². The average Bonchev–Trinajstić information content (AvgIpc) is 2.53. The maximum Gasteiger partial charge on any atom is 0.265 e. The van der Waals surface area contributed by atoms with Crippen molar-refractivity contribution in [3.63, 3.8) is 0 Å². The summed E-state index contributed by atoms with van der Waals surface area (Å²) in [6, 6.07) is 11.0. The van der Waals surface area contributed by atoms with Crippen molar-refractivity contribution in [3.05, 3.63) is 53.3 Å². The van der Waals surface area contributed by atoms with E-state index in [9.17, 15) is 9.18 Å². The third-order valence-corrected chi connectivity index (χ3v) is 3.51. The first-order valence-corrected chi connectivity index (χ1v) is 7.13. The minimum atomic E-state index is -0.499. The van der Waals surface area contributed by atoms with Crippen molar-refractivity contribution < 1.29 is 18.7 Å². The SMILES string of the molecule is O=C(COc1ccccc1F)N1CCOc2ccc(Cl)cc21. The van der Waals surface area contributed by atoms with Gasteiger partial charge in [-0.15, -0.1) is 0 Å². The summed E-state index contributed by atoms with van der Waals surface area (Å²) >= 11 is 5.97. The maximum absolute atomic E-state index is 13.5. The Labute approximate surface area is 132 Å². The number of carbonyl (C=O) groups is 1. The van der Waals surface area contributed by atoms with Crippen LogP contribution in [-0.4, -0.2) is 25.7 Å². The van der Waals surface area contributed by atoms with E-state index in [1.807, 2.05) is 0 Å². The van der Waals surface area contributed by atoms with E-state index in [1.54, 1.807) is 30.3 Å². The predicted molar refractivity (Wildman–Crippen MR) is 81.2 cm³/mol. The van der Waals surface area contributed by atoms with Crippen molar-refractivity contribution in [2.75, 3.05) is 24.7 Å². The Hall–Kier alpha value is -2.27. The molecule has 0 bridgehead atoms. The molecular weight excluding hydrogens is 309 g/mol. The quantitative estimate of drug-likeness (QED) is 0.871. The van der Waals surface area contributed by atoms with Gasteiger partial charge in [0.05, 0.1) is 12.2 Å². The van der Waals surface area contributed by atoms with Gasteiger partial charge < -0.3 is 14.4 Å². The van der Waals surface area contributed by atoms with Crippen molar-refractivity contribution in [2.24, 2.45) is 0 Å². The zero-order chi connectivity index (χ0) is 15.5. The summed E-state index contributed by atoms with van der Waals surface area (Å²) in [5.41, 5.74) is 0.598. The zero-order valence-electron chi connectivity index (χ0n) is 11.6. The number of ether oxygens (including phenoxy) is 2. The van der Waals surface area contributed by atoms with Gasteiger partial charge in [0.25, 0.3) is 5.91 Å². The lowest BCUT2D eigenvalue weighted by atomic mass is 10.2. The van der Waals surface area contributed by atoms with Crippen LogP contribution in [0.4, 0.5) is 10.1 Å². The predicted octanol–water partition coefficient (Wildman–Crippen LogP) is 3.28. The molecule has 1 aliphatic heterocycles. The number of rotatable bonds is 3. The molecule has 0 unspecified atom stereocenters. The van der Waals surface area contributed by atoms with Gasteiger partial charge in [0.15, 0.2) is 18.2 Å². The van der Waals surface area contributed by atoms with Crippen LogP contribution < -0.4 is 14.4 Å². The topological polar surface area (TPSA) is 38.8 Å². The second-order valence-corrected chi connectivity index (χ2v) is 5.16. The number of anilines is 1. The van der Waals surface area contributed by atoms with Crippen LogP contribution in [-0.2, 0) is 4.79 Å². The summed E-state index contributed by atoms with van der Waals surface area (Å²) in [7, 11) is 0. The van der Waals surface area contributed by atoms with Crippen LogP contribution in [0.25, 0.3) is 0 Å². The average molecular weight is 322 g/mol. The van der Waals surface area contributed by atoms with Gasteiger partial charge in [-0.25, -0.2) is 4.39 Å². The summed E-state index contributed by atoms with van der Waals surface area (Å²) < 4.78 is 24.2. The molecule has 3 rings (SSSR count). The highest BCUT2D eigenvalue weighted by Gasteiger charge is 2.24. The Bertz CT molecular complexity index is 708. The van der Waals surface area contributed by atoms with E-state index in [-0.39, 0.29) is 18.3 Å². The van der Waals surface area contributed by atoms with E-state index in [2.05, 4.69) is 0 Å². The monoisotopic (exact) mass is 321 g/mol. The minimum absolute atomic E-state index is 0.0513. The van der Waals surface area contributed by atoms with Gasteiger partial charge in [0.2, 0.25) is 0 Å². The van der Waals surface area contributed by atoms with Crippen LogP contribution in [0.15, 0.2) is 42.5 Å². The molecule has 22 heavy (non-hydrogen) atoms. The molecule has 0 spiro atoms.